The third kappa shape index (κ3) is 5.67. The zero-order valence-electron chi connectivity index (χ0n) is 33.6. The lowest BCUT2D eigenvalue weighted by molar-refractivity contribution is 0.619. The monoisotopic (exact) mass is 807 g/mol. The van der Waals surface area contributed by atoms with E-state index in [-0.39, 0.29) is 0 Å². The van der Waals surface area contributed by atoms with E-state index in [1.807, 2.05) is 54.6 Å². The first-order chi connectivity index (χ1) is 31.2. The average molecular weight is 808 g/mol. The molecule has 0 atom stereocenters. The van der Waals surface area contributed by atoms with Gasteiger partial charge in [-0.2, -0.15) is 0 Å². The van der Waals surface area contributed by atoms with E-state index in [4.69, 9.17) is 28.8 Å². The van der Waals surface area contributed by atoms with Crippen molar-refractivity contribution in [1.29, 1.82) is 0 Å². The molecule has 0 radical (unpaired) electrons. The number of rotatable bonds is 6. The van der Waals surface area contributed by atoms with Crippen LogP contribution in [0.15, 0.2) is 209 Å². The summed E-state index contributed by atoms with van der Waals surface area (Å²) < 4.78 is 15.1. The molecule has 4 aromatic heterocycles. The first-order valence-electron chi connectivity index (χ1n) is 21.0. The molecule has 0 saturated heterocycles. The van der Waals surface area contributed by atoms with Gasteiger partial charge < -0.3 is 13.4 Å². The van der Waals surface area contributed by atoms with Gasteiger partial charge in [-0.15, -0.1) is 0 Å². The van der Waals surface area contributed by atoms with E-state index < -0.39 is 0 Å². The largest absolute Gasteiger partial charge is 0.456 e. The van der Waals surface area contributed by atoms with Gasteiger partial charge in [0.15, 0.2) is 23.1 Å². The van der Waals surface area contributed by atoms with E-state index in [2.05, 4.69) is 150 Å². The van der Waals surface area contributed by atoms with Crippen LogP contribution in [0.5, 0.6) is 0 Å². The molecule has 0 N–H and O–H groups in total. The second-order valence-corrected chi connectivity index (χ2v) is 15.8. The highest BCUT2D eigenvalue weighted by molar-refractivity contribution is 6.26. The summed E-state index contributed by atoms with van der Waals surface area (Å²) in [7, 11) is 0. The van der Waals surface area contributed by atoms with Crippen LogP contribution < -0.4 is 0 Å². The Balaban J connectivity index is 1.01. The zero-order chi connectivity index (χ0) is 41.4. The second kappa shape index (κ2) is 13.9. The fourth-order valence-corrected chi connectivity index (χ4v) is 9.18. The summed E-state index contributed by atoms with van der Waals surface area (Å²) in [5, 5.41) is 6.28. The van der Waals surface area contributed by atoms with Crippen LogP contribution in [-0.4, -0.2) is 24.5 Å². The molecule has 0 aliphatic carbocycles. The van der Waals surface area contributed by atoms with Gasteiger partial charge in [-0.05, 0) is 82.6 Å². The molecule has 63 heavy (non-hydrogen) atoms. The van der Waals surface area contributed by atoms with E-state index in [9.17, 15) is 0 Å². The number of oxazole rings is 1. The fraction of sp³-hybridized carbons (Fsp3) is 0. The van der Waals surface area contributed by atoms with Crippen LogP contribution in [0.4, 0.5) is 0 Å². The molecule has 294 valence electrons. The van der Waals surface area contributed by atoms with E-state index in [0.29, 0.717) is 28.9 Å². The van der Waals surface area contributed by atoms with E-state index in [1.54, 1.807) is 0 Å². The Morgan fingerprint density at radius 1 is 0.333 bits per heavy atom. The minimum atomic E-state index is 0.567. The molecular weight excluding hydrogens is 775 g/mol. The van der Waals surface area contributed by atoms with Gasteiger partial charge in [-0.25, -0.2) is 19.9 Å². The normalized spacial score (nSPS) is 11.8. The van der Waals surface area contributed by atoms with Gasteiger partial charge in [-0.3, -0.25) is 0 Å². The predicted octanol–water partition coefficient (Wildman–Crippen LogP) is 14.5. The molecule has 0 unspecified atom stereocenters. The summed E-state index contributed by atoms with van der Waals surface area (Å²) in [5.41, 5.74) is 12.1. The maximum Gasteiger partial charge on any atom is 0.227 e. The van der Waals surface area contributed by atoms with Crippen molar-refractivity contribution in [2.75, 3.05) is 0 Å². The molecule has 0 fully saturated rings. The highest BCUT2D eigenvalue weighted by Gasteiger charge is 2.21. The molecule has 9 aromatic carbocycles. The number of para-hydroxylation sites is 2. The molecule has 0 bridgehead atoms. The van der Waals surface area contributed by atoms with Gasteiger partial charge >= 0.3 is 0 Å². The van der Waals surface area contributed by atoms with Crippen LogP contribution in [0.3, 0.4) is 0 Å². The number of nitrogens with zero attached hydrogens (tertiary/aromatic N) is 5. The summed E-state index contributed by atoms with van der Waals surface area (Å²) >= 11 is 0. The lowest BCUT2D eigenvalue weighted by Gasteiger charge is -2.13. The highest BCUT2D eigenvalue weighted by Crippen LogP contribution is 2.42. The zero-order valence-corrected chi connectivity index (χ0v) is 33.6. The number of hydrogen-bond acceptors (Lipinski definition) is 6. The first kappa shape index (κ1) is 35.1. The van der Waals surface area contributed by atoms with Crippen molar-refractivity contribution in [3.63, 3.8) is 0 Å². The van der Waals surface area contributed by atoms with E-state index in [0.717, 1.165) is 88.3 Å². The highest BCUT2D eigenvalue weighted by atomic mass is 16.4. The van der Waals surface area contributed by atoms with Crippen LogP contribution >= 0.6 is 0 Å². The van der Waals surface area contributed by atoms with E-state index >= 15 is 0 Å². The second-order valence-electron chi connectivity index (χ2n) is 15.8. The van der Waals surface area contributed by atoms with Gasteiger partial charge in [0.05, 0.1) is 16.4 Å². The van der Waals surface area contributed by atoms with Crippen molar-refractivity contribution in [3.05, 3.63) is 200 Å². The number of fused-ring (bicyclic) bond motifs is 10. The van der Waals surface area contributed by atoms with Crippen molar-refractivity contribution < 1.29 is 8.83 Å². The summed E-state index contributed by atoms with van der Waals surface area (Å²) in [6.45, 7) is 0. The molecule has 13 rings (SSSR count). The van der Waals surface area contributed by atoms with Gasteiger partial charge in [0.25, 0.3) is 0 Å². The Labute approximate surface area is 360 Å². The SMILES string of the molecule is c1ccc(-c2ccc(-c3nc(-c4cccc(-n5c6ccccc6c6ccccc65)c4)nc(-c4cccc5c4ccc4oc6ccc7oc(-c8ccccc8)nc7c6c45)n3)cc2)cc1. The van der Waals surface area contributed by atoms with Gasteiger partial charge in [-0.1, -0.05) is 140 Å². The molecule has 7 nitrogen and oxygen atoms in total. The topological polar surface area (TPSA) is 82.8 Å². The van der Waals surface area contributed by atoms with Crippen molar-refractivity contribution in [2.45, 2.75) is 0 Å². The van der Waals surface area contributed by atoms with Crippen molar-refractivity contribution in [3.8, 4) is 62.4 Å². The van der Waals surface area contributed by atoms with Gasteiger partial charge in [0.2, 0.25) is 5.89 Å². The average Bonchev–Trinajstić information content (AvgIpc) is 4.07. The van der Waals surface area contributed by atoms with E-state index in [1.165, 1.54) is 10.8 Å². The minimum Gasteiger partial charge on any atom is -0.456 e. The van der Waals surface area contributed by atoms with Crippen molar-refractivity contribution >= 4 is 65.6 Å². The van der Waals surface area contributed by atoms with Crippen molar-refractivity contribution in [1.82, 2.24) is 24.5 Å². The fourth-order valence-electron chi connectivity index (χ4n) is 9.18. The predicted molar refractivity (Wildman–Crippen MR) is 254 cm³/mol. The molecule has 0 saturated carbocycles. The summed E-state index contributed by atoms with van der Waals surface area (Å²) in [6.07, 6.45) is 0. The summed E-state index contributed by atoms with van der Waals surface area (Å²) in [5.74, 6) is 2.30. The van der Waals surface area contributed by atoms with Gasteiger partial charge in [0.1, 0.15) is 16.7 Å². The first-order valence-corrected chi connectivity index (χ1v) is 21.0. The number of aromatic nitrogens is 5. The van der Waals surface area contributed by atoms with Crippen molar-refractivity contribution in [2.24, 2.45) is 0 Å². The maximum atomic E-state index is 6.50. The molecule has 13 aromatic rings. The Kier molecular flexibility index (Phi) is 7.77. The standard InChI is InChI=1S/C56H33N5O2/c1-3-13-34(14-4-1)35-25-27-36(28-26-35)53-58-54(38-17-11-18-39(33-38)61-45-23-9-7-19-41(45)42-20-8-10-24-46(42)61)60-55(59-53)44-22-12-21-43-40(44)29-30-47-50(43)51-48(62-47)31-32-49-52(51)57-56(63-49)37-15-5-2-6-16-37/h1-33H. The van der Waals surface area contributed by atoms with Crippen LogP contribution in [0.1, 0.15) is 0 Å². The number of benzene rings is 9. The quantitative estimate of drug-likeness (QED) is 0.166. The molecule has 0 aliphatic rings. The third-order valence-corrected chi connectivity index (χ3v) is 12.1. The molecule has 4 heterocycles. The number of hydrogen-bond donors (Lipinski definition) is 0. The maximum absolute atomic E-state index is 6.50. The number of furan rings is 1. The minimum absolute atomic E-state index is 0.567. The third-order valence-electron chi connectivity index (χ3n) is 12.1. The van der Waals surface area contributed by atoms with Crippen LogP contribution in [0, 0.1) is 0 Å². The van der Waals surface area contributed by atoms with Crippen LogP contribution in [0.2, 0.25) is 0 Å². The molecule has 0 spiro atoms. The Hall–Kier alpha value is -8.68. The lowest BCUT2D eigenvalue weighted by atomic mass is 9.99. The Bertz CT molecular complexity index is 3850. The van der Waals surface area contributed by atoms with Crippen LogP contribution in [0.25, 0.3) is 128 Å². The summed E-state index contributed by atoms with van der Waals surface area (Å²) in [6, 6.07) is 68.7. The Morgan fingerprint density at radius 2 is 0.889 bits per heavy atom. The van der Waals surface area contributed by atoms with Gasteiger partial charge in [0, 0.05) is 44.1 Å². The smallest absolute Gasteiger partial charge is 0.227 e. The molecule has 7 heteroatoms. The van der Waals surface area contributed by atoms with Crippen LogP contribution in [-0.2, 0) is 0 Å². The molecule has 0 amide bonds. The lowest BCUT2D eigenvalue weighted by Crippen LogP contribution is -2.01. The molecule has 0 aliphatic heterocycles. The Morgan fingerprint density at radius 3 is 1.65 bits per heavy atom. The molecular formula is C56H33N5O2. The summed E-state index contributed by atoms with van der Waals surface area (Å²) in [4.78, 5) is 20.8.